The van der Waals surface area contributed by atoms with Crippen LogP contribution in [0.4, 0.5) is 0 Å². The molecule has 1 aromatic heterocycles. The van der Waals surface area contributed by atoms with Gasteiger partial charge in [-0.3, -0.25) is 0 Å². The average molecular weight is 284 g/mol. The third-order valence-corrected chi connectivity index (χ3v) is 4.07. The van der Waals surface area contributed by atoms with Gasteiger partial charge in [0.15, 0.2) is 0 Å². The highest BCUT2D eigenvalue weighted by molar-refractivity contribution is 7.11. The van der Waals surface area contributed by atoms with Gasteiger partial charge < -0.3 is 10.1 Å². The van der Waals surface area contributed by atoms with Crippen LogP contribution in [0.25, 0.3) is 0 Å². The molecule has 1 heterocycles. The fourth-order valence-corrected chi connectivity index (χ4v) is 3.16. The van der Waals surface area contributed by atoms with Gasteiger partial charge in [0.25, 0.3) is 0 Å². The molecule has 0 bridgehead atoms. The van der Waals surface area contributed by atoms with E-state index in [0.717, 1.165) is 13.0 Å². The molecule has 0 fully saturated rings. The number of aromatic nitrogens is 1. The molecule has 1 unspecified atom stereocenters. The first-order chi connectivity index (χ1) is 8.74. The van der Waals surface area contributed by atoms with E-state index in [0.29, 0.717) is 6.04 Å². The Morgan fingerprint density at radius 3 is 2.37 bits per heavy atom. The molecule has 19 heavy (non-hydrogen) atoms. The summed E-state index contributed by atoms with van der Waals surface area (Å²) in [5, 5.41) is 4.67. The lowest BCUT2D eigenvalue weighted by Gasteiger charge is -2.18. The second kappa shape index (κ2) is 6.82. The van der Waals surface area contributed by atoms with Gasteiger partial charge in [-0.25, -0.2) is 4.98 Å². The van der Waals surface area contributed by atoms with Crippen molar-refractivity contribution in [3.63, 3.8) is 0 Å². The number of nitrogens with one attached hydrogen (secondary N) is 1. The lowest BCUT2D eigenvalue weighted by Crippen LogP contribution is -2.23. The van der Waals surface area contributed by atoms with Gasteiger partial charge in [0.2, 0.25) is 0 Å². The van der Waals surface area contributed by atoms with Gasteiger partial charge >= 0.3 is 0 Å². The number of rotatable bonds is 6. The fraction of sp³-hybridized carbons (Fsp3) is 0.800. The van der Waals surface area contributed by atoms with Crippen LogP contribution in [-0.2, 0) is 23.1 Å². The van der Waals surface area contributed by atoms with Gasteiger partial charge in [-0.05, 0) is 6.92 Å². The lowest BCUT2D eigenvalue weighted by molar-refractivity contribution is 0.118. The SMILES string of the molecule is COC(C)Cc1nc(C(C)(C)C)c(CNC(C)C)s1. The van der Waals surface area contributed by atoms with Crippen LogP contribution in [0.3, 0.4) is 0 Å². The van der Waals surface area contributed by atoms with E-state index in [4.69, 9.17) is 9.72 Å². The molecular weight excluding hydrogens is 256 g/mol. The van der Waals surface area contributed by atoms with Crippen LogP contribution in [0.15, 0.2) is 0 Å². The summed E-state index contributed by atoms with van der Waals surface area (Å²) >= 11 is 1.82. The molecule has 0 spiro atoms. The summed E-state index contributed by atoms with van der Waals surface area (Å²) in [4.78, 5) is 6.21. The Morgan fingerprint density at radius 1 is 1.26 bits per heavy atom. The standard InChI is InChI=1S/C15H28N2OS/c1-10(2)16-9-12-14(15(4,5)6)17-13(19-12)8-11(3)18-7/h10-11,16H,8-9H2,1-7H3. The number of nitrogens with zero attached hydrogens (tertiary/aromatic N) is 1. The summed E-state index contributed by atoms with van der Waals surface area (Å²) < 4.78 is 5.34. The molecule has 0 aromatic carbocycles. The van der Waals surface area contributed by atoms with Gasteiger partial charge in [-0.15, -0.1) is 11.3 Å². The van der Waals surface area contributed by atoms with Crippen LogP contribution >= 0.6 is 11.3 Å². The van der Waals surface area contributed by atoms with E-state index in [1.165, 1.54) is 15.6 Å². The monoisotopic (exact) mass is 284 g/mol. The van der Waals surface area contributed by atoms with Crippen molar-refractivity contribution in [2.24, 2.45) is 0 Å². The number of hydrogen-bond acceptors (Lipinski definition) is 4. The largest absolute Gasteiger partial charge is 0.381 e. The van der Waals surface area contributed by atoms with Crippen LogP contribution in [0.5, 0.6) is 0 Å². The third kappa shape index (κ3) is 5.21. The predicted octanol–water partition coefficient (Wildman–Crippen LogP) is 3.52. The zero-order valence-electron chi connectivity index (χ0n) is 13.3. The Balaban J connectivity index is 2.92. The first kappa shape index (κ1) is 16.6. The van der Waals surface area contributed by atoms with Crippen molar-refractivity contribution in [1.82, 2.24) is 10.3 Å². The minimum Gasteiger partial charge on any atom is -0.381 e. The second-order valence-corrected chi connectivity index (χ2v) is 7.58. The van der Waals surface area contributed by atoms with E-state index in [-0.39, 0.29) is 11.5 Å². The molecule has 4 heteroatoms. The van der Waals surface area contributed by atoms with E-state index in [1.54, 1.807) is 7.11 Å². The predicted molar refractivity (Wildman–Crippen MR) is 83.0 cm³/mol. The van der Waals surface area contributed by atoms with E-state index in [2.05, 4.69) is 46.9 Å². The summed E-state index contributed by atoms with van der Waals surface area (Å²) in [6.07, 6.45) is 1.12. The quantitative estimate of drug-likeness (QED) is 0.868. The summed E-state index contributed by atoms with van der Waals surface area (Å²) in [7, 11) is 1.75. The van der Waals surface area contributed by atoms with E-state index < -0.39 is 0 Å². The third-order valence-electron chi connectivity index (χ3n) is 2.99. The number of thiazole rings is 1. The molecular formula is C15H28N2OS. The molecule has 1 aromatic rings. The van der Waals surface area contributed by atoms with Crippen molar-refractivity contribution in [2.75, 3.05) is 7.11 Å². The summed E-state index contributed by atoms with van der Waals surface area (Å²) in [6.45, 7) is 14.0. The molecule has 0 saturated heterocycles. The van der Waals surface area contributed by atoms with Crippen LogP contribution in [0.2, 0.25) is 0 Å². The van der Waals surface area contributed by atoms with Gasteiger partial charge in [-0.1, -0.05) is 34.6 Å². The van der Waals surface area contributed by atoms with Gasteiger partial charge in [-0.2, -0.15) is 0 Å². The van der Waals surface area contributed by atoms with Crippen molar-refractivity contribution in [3.05, 3.63) is 15.6 Å². The first-order valence-corrected chi connectivity index (χ1v) is 7.81. The Kier molecular flexibility index (Phi) is 5.96. The smallest absolute Gasteiger partial charge is 0.0957 e. The van der Waals surface area contributed by atoms with E-state index >= 15 is 0 Å². The molecule has 0 aliphatic carbocycles. The van der Waals surface area contributed by atoms with Gasteiger partial charge in [0.05, 0.1) is 16.8 Å². The zero-order chi connectivity index (χ0) is 14.6. The summed E-state index contributed by atoms with van der Waals surface area (Å²) in [5.41, 5.74) is 1.32. The molecule has 3 nitrogen and oxygen atoms in total. The van der Waals surface area contributed by atoms with Crippen LogP contribution in [-0.4, -0.2) is 24.2 Å². The normalized spacial score (nSPS) is 14.1. The van der Waals surface area contributed by atoms with Crippen LogP contribution in [0, 0.1) is 0 Å². The Labute approximate surface area is 121 Å². The second-order valence-electron chi connectivity index (χ2n) is 6.42. The highest BCUT2D eigenvalue weighted by atomic mass is 32.1. The van der Waals surface area contributed by atoms with Crippen molar-refractivity contribution < 1.29 is 4.74 Å². The molecule has 110 valence electrons. The van der Waals surface area contributed by atoms with Gasteiger partial charge in [0, 0.05) is 36.4 Å². The number of hydrogen-bond donors (Lipinski definition) is 1. The highest BCUT2D eigenvalue weighted by Crippen LogP contribution is 2.30. The minimum absolute atomic E-state index is 0.0963. The maximum atomic E-state index is 5.34. The molecule has 0 amide bonds. The topological polar surface area (TPSA) is 34.1 Å². The van der Waals surface area contributed by atoms with Crippen molar-refractivity contribution >= 4 is 11.3 Å². The van der Waals surface area contributed by atoms with Crippen molar-refractivity contribution in [1.29, 1.82) is 0 Å². The Morgan fingerprint density at radius 2 is 1.89 bits per heavy atom. The molecule has 1 rings (SSSR count). The molecule has 1 N–H and O–H groups in total. The first-order valence-electron chi connectivity index (χ1n) is 6.99. The highest BCUT2D eigenvalue weighted by Gasteiger charge is 2.23. The molecule has 0 aliphatic rings. The van der Waals surface area contributed by atoms with Crippen molar-refractivity contribution in [3.8, 4) is 0 Å². The zero-order valence-corrected chi connectivity index (χ0v) is 14.1. The maximum absolute atomic E-state index is 5.34. The van der Waals surface area contributed by atoms with E-state index in [9.17, 15) is 0 Å². The Bertz CT molecular complexity index is 393. The molecule has 0 aliphatic heterocycles. The fourth-order valence-electron chi connectivity index (χ4n) is 1.82. The average Bonchev–Trinajstić information content (AvgIpc) is 2.69. The summed E-state index contributed by atoms with van der Waals surface area (Å²) in [6, 6.07) is 0.497. The van der Waals surface area contributed by atoms with Crippen LogP contribution in [0.1, 0.15) is 57.1 Å². The van der Waals surface area contributed by atoms with Crippen LogP contribution < -0.4 is 5.32 Å². The van der Waals surface area contributed by atoms with E-state index in [1.807, 2.05) is 11.3 Å². The maximum Gasteiger partial charge on any atom is 0.0957 e. The lowest BCUT2D eigenvalue weighted by atomic mass is 9.91. The Hall–Kier alpha value is -0.450. The number of methoxy groups -OCH3 is 1. The minimum atomic E-state index is 0.0963. The van der Waals surface area contributed by atoms with Gasteiger partial charge in [0.1, 0.15) is 0 Å². The molecule has 0 radical (unpaired) electrons. The molecule has 0 saturated carbocycles. The summed E-state index contributed by atoms with van der Waals surface area (Å²) in [5.74, 6) is 0. The van der Waals surface area contributed by atoms with Crippen molar-refractivity contribution in [2.45, 2.75) is 72.1 Å². The number of ether oxygens (including phenoxy) is 1. The molecule has 1 atom stereocenters.